The minimum absolute atomic E-state index is 0.0124. The van der Waals surface area contributed by atoms with Crippen LogP contribution < -0.4 is 10.0 Å². The van der Waals surface area contributed by atoms with Gasteiger partial charge in [-0.15, -0.1) is 5.10 Å². The number of carbonyl (C=O) groups is 1. The van der Waals surface area contributed by atoms with E-state index in [-0.39, 0.29) is 34.5 Å². The van der Waals surface area contributed by atoms with Crippen LogP contribution in [0.2, 0.25) is 0 Å². The Morgan fingerprint density at radius 1 is 1.47 bits per heavy atom. The summed E-state index contributed by atoms with van der Waals surface area (Å²) in [6.07, 6.45) is 0.0698. The normalized spacial score (nSPS) is 11.8. The van der Waals surface area contributed by atoms with E-state index in [0.717, 1.165) is 4.68 Å². The summed E-state index contributed by atoms with van der Waals surface area (Å²) in [4.78, 5) is 11.4. The van der Waals surface area contributed by atoms with Gasteiger partial charge in [0.05, 0.1) is 0 Å². The minimum Gasteiger partial charge on any atom is -0.354 e. The molecule has 1 rings (SSSR count). The molecule has 0 spiro atoms. The molecule has 0 radical (unpaired) electrons. The van der Waals surface area contributed by atoms with E-state index in [4.69, 9.17) is 0 Å². The molecule has 19 heavy (non-hydrogen) atoms. The molecule has 1 aromatic rings. The Kier molecular flexibility index (Phi) is 5.44. The molecule has 1 heterocycles. The zero-order valence-electron chi connectivity index (χ0n) is 10.8. The number of hydrogen-bond acceptors (Lipinski definition) is 5. The van der Waals surface area contributed by atoms with Crippen LogP contribution in [0.4, 0.5) is 0 Å². The lowest BCUT2D eigenvalue weighted by atomic mass is 10.3. The van der Waals surface area contributed by atoms with Gasteiger partial charge >= 0.3 is 0 Å². The second-order valence-corrected chi connectivity index (χ2v) is 6.61. The first-order chi connectivity index (χ1) is 8.74. The van der Waals surface area contributed by atoms with Crippen molar-refractivity contribution in [3.05, 3.63) is 4.60 Å². The first-order valence-corrected chi connectivity index (χ1v) is 7.86. The van der Waals surface area contributed by atoms with Crippen molar-refractivity contribution in [1.29, 1.82) is 0 Å². The molecule has 0 aromatic carbocycles. The molecule has 0 saturated carbocycles. The maximum atomic E-state index is 12.0. The first kappa shape index (κ1) is 16.1. The summed E-state index contributed by atoms with van der Waals surface area (Å²) >= 11 is 3.01. The van der Waals surface area contributed by atoms with E-state index in [2.05, 4.69) is 36.3 Å². The summed E-state index contributed by atoms with van der Waals surface area (Å²) in [5.74, 6) is -0.208. The summed E-state index contributed by atoms with van der Waals surface area (Å²) in [7, 11) is -2.27. The molecule has 0 aliphatic heterocycles. The Morgan fingerprint density at radius 3 is 2.58 bits per heavy atom. The van der Waals surface area contributed by atoms with Crippen LogP contribution in [0.15, 0.2) is 9.63 Å². The molecule has 8 nitrogen and oxygen atoms in total. The molecule has 10 heteroatoms. The Bertz CT molecular complexity index is 535. The standard InChI is InChI=1S/C9H16BrN5O3S/c1-6(2)12-7(16)4-5-11-19(17,18)9-8(10)13-14-15(9)3/h6,11H,4-5H2,1-3H3,(H,12,16). The van der Waals surface area contributed by atoms with Crippen molar-refractivity contribution in [3.63, 3.8) is 0 Å². The van der Waals surface area contributed by atoms with Gasteiger partial charge in [0, 0.05) is 26.1 Å². The van der Waals surface area contributed by atoms with Crippen molar-refractivity contribution in [2.75, 3.05) is 6.54 Å². The molecule has 0 saturated heterocycles. The van der Waals surface area contributed by atoms with E-state index in [1.54, 1.807) is 0 Å². The lowest BCUT2D eigenvalue weighted by Crippen LogP contribution is -2.34. The van der Waals surface area contributed by atoms with Crippen LogP contribution in [0.3, 0.4) is 0 Å². The molecular formula is C9H16BrN5O3S. The summed E-state index contributed by atoms with van der Waals surface area (Å²) in [5.41, 5.74) is 0. The van der Waals surface area contributed by atoms with Crippen molar-refractivity contribution >= 4 is 31.9 Å². The molecule has 0 aliphatic carbocycles. The van der Waals surface area contributed by atoms with Crippen molar-refractivity contribution in [3.8, 4) is 0 Å². The minimum atomic E-state index is -3.74. The molecule has 0 unspecified atom stereocenters. The van der Waals surface area contributed by atoms with E-state index < -0.39 is 10.0 Å². The highest BCUT2D eigenvalue weighted by molar-refractivity contribution is 9.10. The number of nitrogens with zero attached hydrogens (tertiary/aromatic N) is 3. The predicted octanol–water partition coefficient (Wildman–Crippen LogP) is -0.229. The van der Waals surface area contributed by atoms with Crippen LogP contribution in [-0.4, -0.2) is 41.9 Å². The van der Waals surface area contributed by atoms with E-state index in [1.165, 1.54) is 7.05 Å². The van der Waals surface area contributed by atoms with Gasteiger partial charge in [-0.2, -0.15) is 0 Å². The van der Waals surface area contributed by atoms with Crippen molar-refractivity contribution in [2.24, 2.45) is 7.05 Å². The van der Waals surface area contributed by atoms with Gasteiger partial charge in [-0.3, -0.25) is 4.79 Å². The maximum Gasteiger partial charge on any atom is 0.260 e. The number of hydrogen-bond donors (Lipinski definition) is 2. The van der Waals surface area contributed by atoms with Gasteiger partial charge in [0.25, 0.3) is 10.0 Å². The second kappa shape index (κ2) is 6.44. The number of aromatic nitrogens is 3. The fourth-order valence-corrected chi connectivity index (χ4v) is 3.49. The van der Waals surface area contributed by atoms with Crippen molar-refractivity contribution < 1.29 is 13.2 Å². The number of sulfonamides is 1. The summed E-state index contributed by atoms with van der Waals surface area (Å²) in [5, 5.41) is 9.78. The maximum absolute atomic E-state index is 12.0. The van der Waals surface area contributed by atoms with Gasteiger partial charge in [-0.25, -0.2) is 17.8 Å². The topological polar surface area (TPSA) is 106 Å². The Balaban J connectivity index is 2.60. The molecule has 0 bridgehead atoms. The smallest absolute Gasteiger partial charge is 0.260 e. The highest BCUT2D eigenvalue weighted by Gasteiger charge is 2.23. The van der Waals surface area contributed by atoms with E-state index in [9.17, 15) is 13.2 Å². The molecule has 0 aliphatic rings. The molecule has 1 aromatic heterocycles. The number of carbonyl (C=O) groups excluding carboxylic acids is 1. The molecule has 0 atom stereocenters. The monoisotopic (exact) mass is 353 g/mol. The summed E-state index contributed by atoms with van der Waals surface area (Å²) < 4.78 is 27.5. The molecular weight excluding hydrogens is 338 g/mol. The SMILES string of the molecule is CC(C)NC(=O)CCNS(=O)(=O)c1c(Br)nnn1C. The van der Waals surface area contributed by atoms with Crippen LogP contribution in [0.25, 0.3) is 0 Å². The molecule has 1 amide bonds. The average Bonchev–Trinajstić information content (AvgIpc) is 2.57. The third-order valence-electron chi connectivity index (χ3n) is 2.09. The lowest BCUT2D eigenvalue weighted by Gasteiger charge is -2.09. The fourth-order valence-electron chi connectivity index (χ4n) is 1.37. The van der Waals surface area contributed by atoms with Gasteiger partial charge in [0.15, 0.2) is 4.60 Å². The van der Waals surface area contributed by atoms with Crippen molar-refractivity contribution in [1.82, 2.24) is 25.0 Å². The average molecular weight is 354 g/mol. The summed E-state index contributed by atoms with van der Waals surface area (Å²) in [6, 6.07) is 0.0273. The Hall–Kier alpha value is -1.00. The fraction of sp³-hybridized carbons (Fsp3) is 0.667. The van der Waals surface area contributed by atoms with Crippen LogP contribution in [0, 0.1) is 0 Å². The van der Waals surface area contributed by atoms with Crippen LogP contribution in [-0.2, 0) is 21.9 Å². The number of halogens is 1. The third-order valence-corrected chi connectivity index (χ3v) is 4.43. The molecule has 0 fully saturated rings. The van der Waals surface area contributed by atoms with Crippen LogP contribution in [0.5, 0.6) is 0 Å². The van der Waals surface area contributed by atoms with Gasteiger partial charge < -0.3 is 5.32 Å². The van der Waals surface area contributed by atoms with E-state index in [1.807, 2.05) is 13.8 Å². The molecule has 2 N–H and O–H groups in total. The van der Waals surface area contributed by atoms with Gasteiger partial charge in [-0.1, -0.05) is 5.21 Å². The van der Waals surface area contributed by atoms with E-state index >= 15 is 0 Å². The highest BCUT2D eigenvalue weighted by Crippen LogP contribution is 2.17. The number of nitrogens with one attached hydrogen (secondary N) is 2. The van der Waals surface area contributed by atoms with E-state index in [0.29, 0.717) is 0 Å². The quantitative estimate of drug-likeness (QED) is 0.734. The van der Waals surface area contributed by atoms with Gasteiger partial charge in [0.2, 0.25) is 10.9 Å². The predicted molar refractivity (Wildman–Crippen MR) is 71.8 cm³/mol. The largest absolute Gasteiger partial charge is 0.354 e. The zero-order chi connectivity index (χ0) is 14.6. The van der Waals surface area contributed by atoms with Gasteiger partial charge in [-0.05, 0) is 29.8 Å². The first-order valence-electron chi connectivity index (χ1n) is 5.58. The zero-order valence-corrected chi connectivity index (χ0v) is 13.2. The third kappa shape index (κ3) is 4.55. The van der Waals surface area contributed by atoms with Crippen molar-refractivity contribution in [2.45, 2.75) is 31.3 Å². The lowest BCUT2D eigenvalue weighted by molar-refractivity contribution is -0.121. The Labute approximate surface area is 120 Å². The molecule has 108 valence electrons. The van der Waals surface area contributed by atoms with Crippen LogP contribution >= 0.6 is 15.9 Å². The Morgan fingerprint density at radius 2 is 2.11 bits per heavy atom. The van der Waals surface area contributed by atoms with Crippen LogP contribution in [0.1, 0.15) is 20.3 Å². The highest BCUT2D eigenvalue weighted by atomic mass is 79.9. The number of rotatable bonds is 6. The summed E-state index contributed by atoms with van der Waals surface area (Å²) in [6.45, 7) is 3.68. The van der Waals surface area contributed by atoms with Gasteiger partial charge in [0.1, 0.15) is 0 Å². The number of amides is 1. The second-order valence-electron chi connectivity index (χ2n) is 4.18. The number of aryl methyl sites for hydroxylation is 1.